The van der Waals surface area contributed by atoms with Gasteiger partial charge in [0, 0.05) is 0 Å². The molecule has 0 saturated carbocycles. The molecule has 0 amide bonds. The van der Waals surface area contributed by atoms with E-state index in [1.807, 2.05) is 24.4 Å². The summed E-state index contributed by atoms with van der Waals surface area (Å²) < 4.78 is 0. The van der Waals surface area contributed by atoms with Gasteiger partial charge >= 0.3 is 0 Å². The molecular formula is C12H9NOS. The molecule has 0 bridgehead atoms. The standard InChI is InChI=1S/C12H9NOS/c1-8-6-10(14)2-3-11(8)12-9(7-13)4-5-15-12/h2-6,14H,1H3. The summed E-state index contributed by atoms with van der Waals surface area (Å²) in [6.07, 6.45) is 0. The van der Waals surface area contributed by atoms with Crippen molar-refractivity contribution in [3.8, 4) is 22.3 Å². The first-order valence-corrected chi connectivity index (χ1v) is 5.38. The molecule has 0 saturated heterocycles. The number of aromatic hydroxyl groups is 1. The quantitative estimate of drug-likeness (QED) is 0.793. The lowest BCUT2D eigenvalue weighted by molar-refractivity contribution is 0.475. The molecule has 2 nitrogen and oxygen atoms in total. The largest absolute Gasteiger partial charge is 0.508 e. The smallest absolute Gasteiger partial charge is 0.115 e. The average molecular weight is 215 g/mol. The lowest BCUT2D eigenvalue weighted by Crippen LogP contribution is -1.82. The normalized spacial score (nSPS) is 9.87. The Morgan fingerprint density at radius 2 is 2.13 bits per heavy atom. The number of hydrogen-bond donors (Lipinski definition) is 1. The number of thiophene rings is 1. The van der Waals surface area contributed by atoms with Crippen LogP contribution in [0.2, 0.25) is 0 Å². The minimum Gasteiger partial charge on any atom is -0.508 e. The SMILES string of the molecule is Cc1cc(O)ccc1-c1sccc1C#N. The molecule has 0 atom stereocenters. The molecule has 74 valence electrons. The van der Waals surface area contributed by atoms with Crippen molar-refractivity contribution in [2.75, 3.05) is 0 Å². The zero-order valence-corrected chi connectivity index (χ0v) is 9.01. The topological polar surface area (TPSA) is 44.0 Å². The second-order valence-corrected chi connectivity index (χ2v) is 4.19. The van der Waals surface area contributed by atoms with Crippen molar-refractivity contribution >= 4 is 11.3 Å². The van der Waals surface area contributed by atoms with Crippen LogP contribution in [0.4, 0.5) is 0 Å². The van der Waals surface area contributed by atoms with E-state index in [2.05, 4.69) is 6.07 Å². The summed E-state index contributed by atoms with van der Waals surface area (Å²) in [7, 11) is 0. The molecule has 0 radical (unpaired) electrons. The Labute approximate surface area is 92.0 Å². The van der Waals surface area contributed by atoms with Crippen molar-refractivity contribution in [3.05, 3.63) is 40.8 Å². The average Bonchev–Trinajstić information content (AvgIpc) is 2.65. The molecule has 0 unspecified atom stereocenters. The van der Waals surface area contributed by atoms with Gasteiger partial charge in [-0.25, -0.2) is 0 Å². The van der Waals surface area contributed by atoms with Gasteiger partial charge in [-0.2, -0.15) is 5.26 Å². The third-order valence-corrected chi connectivity index (χ3v) is 3.19. The number of benzene rings is 1. The van der Waals surface area contributed by atoms with Crippen LogP contribution in [-0.2, 0) is 0 Å². The van der Waals surface area contributed by atoms with Gasteiger partial charge in [0.05, 0.1) is 10.4 Å². The van der Waals surface area contributed by atoms with Crippen molar-refractivity contribution in [3.63, 3.8) is 0 Å². The molecule has 1 aromatic heterocycles. The Balaban J connectivity index is 2.60. The summed E-state index contributed by atoms with van der Waals surface area (Å²) in [5, 5.41) is 20.1. The van der Waals surface area contributed by atoms with Crippen molar-refractivity contribution in [1.29, 1.82) is 5.26 Å². The van der Waals surface area contributed by atoms with E-state index >= 15 is 0 Å². The van der Waals surface area contributed by atoms with E-state index in [4.69, 9.17) is 5.26 Å². The molecule has 0 aliphatic heterocycles. The first-order chi connectivity index (χ1) is 7.22. The molecule has 15 heavy (non-hydrogen) atoms. The molecule has 2 rings (SSSR count). The molecule has 2 aromatic rings. The highest BCUT2D eigenvalue weighted by molar-refractivity contribution is 7.13. The van der Waals surface area contributed by atoms with Crippen LogP contribution < -0.4 is 0 Å². The minimum atomic E-state index is 0.256. The van der Waals surface area contributed by atoms with Gasteiger partial charge in [0.1, 0.15) is 11.8 Å². The van der Waals surface area contributed by atoms with E-state index < -0.39 is 0 Å². The number of nitrogens with zero attached hydrogens (tertiary/aromatic N) is 1. The van der Waals surface area contributed by atoms with Gasteiger partial charge in [0.25, 0.3) is 0 Å². The van der Waals surface area contributed by atoms with E-state index in [0.717, 1.165) is 16.0 Å². The Kier molecular flexibility index (Phi) is 2.44. The molecule has 1 aromatic carbocycles. The van der Waals surface area contributed by atoms with Crippen LogP contribution in [0, 0.1) is 18.3 Å². The number of aryl methyl sites for hydroxylation is 1. The first kappa shape index (κ1) is 9.75. The minimum absolute atomic E-state index is 0.256. The predicted molar refractivity (Wildman–Crippen MR) is 60.9 cm³/mol. The second-order valence-electron chi connectivity index (χ2n) is 3.27. The second kappa shape index (κ2) is 3.76. The van der Waals surface area contributed by atoms with E-state index in [9.17, 15) is 5.11 Å². The maximum atomic E-state index is 9.30. The van der Waals surface area contributed by atoms with Gasteiger partial charge in [0.15, 0.2) is 0 Å². The van der Waals surface area contributed by atoms with Crippen LogP contribution >= 0.6 is 11.3 Å². The van der Waals surface area contributed by atoms with Gasteiger partial charge in [-0.15, -0.1) is 11.3 Å². The summed E-state index contributed by atoms with van der Waals surface area (Å²) in [5.41, 5.74) is 2.68. The highest BCUT2D eigenvalue weighted by atomic mass is 32.1. The van der Waals surface area contributed by atoms with Gasteiger partial charge in [0.2, 0.25) is 0 Å². The maximum Gasteiger partial charge on any atom is 0.115 e. The van der Waals surface area contributed by atoms with Crippen LogP contribution in [0.25, 0.3) is 10.4 Å². The summed E-state index contributed by atoms with van der Waals surface area (Å²) in [4.78, 5) is 0.968. The van der Waals surface area contributed by atoms with E-state index in [0.29, 0.717) is 5.56 Å². The van der Waals surface area contributed by atoms with Crippen molar-refractivity contribution in [2.24, 2.45) is 0 Å². The summed E-state index contributed by atoms with van der Waals surface area (Å²) >= 11 is 1.54. The zero-order valence-electron chi connectivity index (χ0n) is 8.19. The first-order valence-electron chi connectivity index (χ1n) is 4.50. The maximum absolute atomic E-state index is 9.30. The van der Waals surface area contributed by atoms with Gasteiger partial charge < -0.3 is 5.11 Å². The number of nitriles is 1. The van der Waals surface area contributed by atoms with Crippen molar-refractivity contribution in [2.45, 2.75) is 6.92 Å². The van der Waals surface area contributed by atoms with E-state index in [1.165, 1.54) is 0 Å². The lowest BCUT2D eigenvalue weighted by atomic mass is 10.0. The predicted octanol–water partition coefficient (Wildman–Crippen LogP) is 3.30. The summed E-state index contributed by atoms with van der Waals surface area (Å²) in [6.45, 7) is 1.93. The van der Waals surface area contributed by atoms with Crippen molar-refractivity contribution in [1.82, 2.24) is 0 Å². The monoisotopic (exact) mass is 215 g/mol. The number of phenols is 1. The highest BCUT2D eigenvalue weighted by Gasteiger charge is 2.09. The number of hydrogen-bond acceptors (Lipinski definition) is 3. The van der Waals surface area contributed by atoms with Gasteiger partial charge in [-0.3, -0.25) is 0 Å². The fourth-order valence-corrected chi connectivity index (χ4v) is 2.45. The van der Waals surface area contributed by atoms with Gasteiger partial charge in [-0.1, -0.05) is 0 Å². The Hall–Kier alpha value is -1.79. The van der Waals surface area contributed by atoms with Crippen LogP contribution in [-0.4, -0.2) is 5.11 Å². The van der Waals surface area contributed by atoms with Gasteiger partial charge in [-0.05, 0) is 47.7 Å². The molecule has 1 N–H and O–H groups in total. The van der Waals surface area contributed by atoms with Crippen LogP contribution in [0.5, 0.6) is 5.75 Å². The molecule has 0 spiro atoms. The Bertz CT molecular complexity index is 537. The fourth-order valence-electron chi connectivity index (χ4n) is 1.51. The molecule has 3 heteroatoms. The Morgan fingerprint density at radius 3 is 2.80 bits per heavy atom. The number of phenolic OH excluding ortho intramolecular Hbond substituents is 1. The summed E-state index contributed by atoms with van der Waals surface area (Å²) in [6, 6.07) is 9.17. The molecule has 1 heterocycles. The van der Waals surface area contributed by atoms with Crippen LogP contribution in [0.15, 0.2) is 29.6 Å². The zero-order chi connectivity index (χ0) is 10.8. The van der Waals surface area contributed by atoms with E-state index in [1.54, 1.807) is 23.5 Å². The van der Waals surface area contributed by atoms with Crippen LogP contribution in [0.1, 0.15) is 11.1 Å². The third kappa shape index (κ3) is 1.72. The third-order valence-electron chi connectivity index (χ3n) is 2.24. The summed E-state index contributed by atoms with van der Waals surface area (Å²) in [5.74, 6) is 0.256. The molecular weight excluding hydrogens is 206 g/mol. The fraction of sp³-hybridized carbons (Fsp3) is 0.0833. The molecule has 0 aliphatic carbocycles. The van der Waals surface area contributed by atoms with Crippen LogP contribution in [0.3, 0.4) is 0 Å². The molecule has 0 fully saturated rings. The number of rotatable bonds is 1. The molecule has 0 aliphatic rings. The van der Waals surface area contributed by atoms with Crippen molar-refractivity contribution < 1.29 is 5.11 Å². The highest BCUT2D eigenvalue weighted by Crippen LogP contribution is 2.32. The Morgan fingerprint density at radius 1 is 1.33 bits per heavy atom. The lowest BCUT2D eigenvalue weighted by Gasteiger charge is -2.04. The van der Waals surface area contributed by atoms with E-state index in [-0.39, 0.29) is 5.75 Å².